The number of carbonyl (C=O) groups is 1. The molecule has 0 bridgehead atoms. The van der Waals surface area contributed by atoms with Crippen LogP contribution >= 0.6 is 12.4 Å². The summed E-state index contributed by atoms with van der Waals surface area (Å²) in [6.07, 6.45) is 0. The third kappa shape index (κ3) is 4.22. The molecule has 1 aromatic carbocycles. The molecule has 0 aromatic heterocycles. The lowest BCUT2D eigenvalue weighted by molar-refractivity contribution is 0.0882. The average molecular weight is 285 g/mol. The first kappa shape index (κ1) is 17.9. The molecule has 1 atom stereocenters. The Labute approximate surface area is 122 Å². The number of hydrogen-bond donors (Lipinski definition) is 2. The van der Waals surface area contributed by atoms with Gasteiger partial charge in [0.05, 0.1) is 5.54 Å². The quantitative estimate of drug-likeness (QED) is 0.893. The Balaban J connectivity index is 0.00000324. The molecule has 0 saturated carbocycles. The zero-order valence-electron chi connectivity index (χ0n) is 12.4. The van der Waals surface area contributed by atoms with Crippen molar-refractivity contribution in [2.75, 3.05) is 6.54 Å². The topological polar surface area (TPSA) is 55.1 Å². The van der Waals surface area contributed by atoms with Crippen LogP contribution in [0.15, 0.2) is 18.2 Å². The van der Waals surface area contributed by atoms with E-state index in [4.69, 9.17) is 5.73 Å². The smallest absolute Gasteiger partial charge is 0.252 e. The second-order valence-electron chi connectivity index (χ2n) is 5.55. The van der Waals surface area contributed by atoms with Gasteiger partial charge in [-0.2, -0.15) is 0 Å². The van der Waals surface area contributed by atoms with E-state index in [1.54, 1.807) is 0 Å². The van der Waals surface area contributed by atoms with E-state index in [0.717, 1.165) is 16.7 Å². The van der Waals surface area contributed by atoms with E-state index in [1.165, 1.54) is 0 Å². The highest BCUT2D eigenvalue weighted by molar-refractivity contribution is 5.96. The molecule has 0 saturated heterocycles. The molecule has 1 rings (SSSR count). The lowest BCUT2D eigenvalue weighted by Crippen LogP contribution is -2.55. The molecule has 0 aliphatic carbocycles. The Morgan fingerprint density at radius 1 is 1.37 bits per heavy atom. The fourth-order valence-corrected chi connectivity index (χ4v) is 1.74. The van der Waals surface area contributed by atoms with Crippen LogP contribution in [0.1, 0.15) is 42.3 Å². The van der Waals surface area contributed by atoms with Crippen LogP contribution in [0, 0.1) is 19.8 Å². The van der Waals surface area contributed by atoms with Crippen LogP contribution in [-0.4, -0.2) is 18.0 Å². The maximum absolute atomic E-state index is 12.3. The van der Waals surface area contributed by atoms with Crippen LogP contribution in [-0.2, 0) is 0 Å². The van der Waals surface area contributed by atoms with Gasteiger partial charge in [0.15, 0.2) is 0 Å². The van der Waals surface area contributed by atoms with Gasteiger partial charge in [-0.25, -0.2) is 0 Å². The van der Waals surface area contributed by atoms with Crippen molar-refractivity contribution in [3.8, 4) is 0 Å². The number of nitrogens with two attached hydrogens (primary N) is 1. The highest BCUT2D eigenvalue weighted by Gasteiger charge is 2.29. The van der Waals surface area contributed by atoms with Gasteiger partial charge in [-0.15, -0.1) is 12.4 Å². The zero-order chi connectivity index (χ0) is 13.9. The number of rotatable bonds is 4. The van der Waals surface area contributed by atoms with E-state index in [0.29, 0.717) is 6.54 Å². The summed E-state index contributed by atoms with van der Waals surface area (Å²) in [5, 5.41) is 3.06. The highest BCUT2D eigenvalue weighted by Crippen LogP contribution is 2.17. The van der Waals surface area contributed by atoms with Crippen molar-refractivity contribution in [3.63, 3.8) is 0 Å². The number of hydrogen-bond acceptors (Lipinski definition) is 2. The van der Waals surface area contributed by atoms with Crippen LogP contribution in [0.2, 0.25) is 0 Å². The van der Waals surface area contributed by atoms with E-state index in [9.17, 15) is 4.79 Å². The third-order valence-electron chi connectivity index (χ3n) is 3.74. The Morgan fingerprint density at radius 2 is 1.95 bits per heavy atom. The fraction of sp³-hybridized carbons (Fsp3) is 0.533. The summed E-state index contributed by atoms with van der Waals surface area (Å²) in [6, 6.07) is 5.90. The van der Waals surface area contributed by atoms with Crippen molar-refractivity contribution in [1.29, 1.82) is 0 Å². The second-order valence-corrected chi connectivity index (χ2v) is 5.55. The molecular weight excluding hydrogens is 260 g/mol. The minimum absolute atomic E-state index is 0. The Bertz CT molecular complexity index is 446. The Kier molecular flexibility index (Phi) is 6.53. The van der Waals surface area contributed by atoms with Gasteiger partial charge in [-0.3, -0.25) is 4.79 Å². The molecule has 0 aliphatic rings. The Morgan fingerprint density at radius 3 is 2.42 bits per heavy atom. The summed E-state index contributed by atoms with van der Waals surface area (Å²) < 4.78 is 0. The number of benzene rings is 1. The van der Waals surface area contributed by atoms with E-state index in [-0.39, 0.29) is 29.8 Å². The van der Waals surface area contributed by atoms with E-state index < -0.39 is 0 Å². The number of amides is 1. The number of carbonyl (C=O) groups excluding carboxylic acids is 1. The van der Waals surface area contributed by atoms with Crippen LogP contribution in [0.4, 0.5) is 0 Å². The first-order valence-electron chi connectivity index (χ1n) is 6.40. The molecule has 108 valence electrons. The van der Waals surface area contributed by atoms with Gasteiger partial charge in [0.1, 0.15) is 0 Å². The van der Waals surface area contributed by atoms with Crippen LogP contribution in [0.25, 0.3) is 0 Å². The molecule has 4 heteroatoms. The number of nitrogens with one attached hydrogen (secondary N) is 1. The fourth-order valence-electron chi connectivity index (χ4n) is 1.74. The molecule has 1 amide bonds. The van der Waals surface area contributed by atoms with Crippen molar-refractivity contribution in [3.05, 3.63) is 34.9 Å². The molecule has 1 unspecified atom stereocenters. The monoisotopic (exact) mass is 284 g/mol. The predicted octanol–water partition coefficient (Wildman–Crippen LogP) is 2.83. The normalized spacial score (nSPS) is 13.6. The van der Waals surface area contributed by atoms with E-state index in [2.05, 4.69) is 19.2 Å². The molecule has 3 N–H and O–H groups in total. The summed E-state index contributed by atoms with van der Waals surface area (Å²) in [5.74, 6) is 0.245. The third-order valence-corrected chi connectivity index (χ3v) is 3.74. The molecule has 0 heterocycles. The lowest BCUT2D eigenvalue weighted by Gasteiger charge is -2.33. The number of aryl methyl sites for hydroxylation is 2. The van der Waals surface area contributed by atoms with Crippen molar-refractivity contribution >= 4 is 18.3 Å². The van der Waals surface area contributed by atoms with Gasteiger partial charge in [-0.1, -0.05) is 31.5 Å². The van der Waals surface area contributed by atoms with Gasteiger partial charge in [-0.05, 0) is 38.3 Å². The molecule has 3 nitrogen and oxygen atoms in total. The molecule has 1 aromatic rings. The van der Waals surface area contributed by atoms with Gasteiger partial charge >= 0.3 is 0 Å². The largest absolute Gasteiger partial charge is 0.345 e. The van der Waals surface area contributed by atoms with E-state index >= 15 is 0 Å². The van der Waals surface area contributed by atoms with Gasteiger partial charge < -0.3 is 11.1 Å². The summed E-state index contributed by atoms with van der Waals surface area (Å²) in [6.45, 7) is 10.5. The molecular formula is C15H25ClN2O. The van der Waals surface area contributed by atoms with Crippen LogP contribution < -0.4 is 11.1 Å². The molecule has 0 spiro atoms. The van der Waals surface area contributed by atoms with Gasteiger partial charge in [0.25, 0.3) is 5.91 Å². The molecule has 0 fully saturated rings. The van der Waals surface area contributed by atoms with Crippen molar-refractivity contribution in [1.82, 2.24) is 5.32 Å². The van der Waals surface area contributed by atoms with Crippen LogP contribution in [0.3, 0.4) is 0 Å². The number of halogens is 1. The Hall–Kier alpha value is -1.06. The standard InChI is InChI=1S/C15H24N2O.ClH/c1-10(2)15(5,9-16)17-14(18)13-8-11(3)6-7-12(13)4;/h6-8,10H,9,16H2,1-5H3,(H,17,18);1H. The maximum Gasteiger partial charge on any atom is 0.252 e. The van der Waals surface area contributed by atoms with Crippen molar-refractivity contribution < 1.29 is 4.79 Å². The summed E-state index contributed by atoms with van der Waals surface area (Å²) in [4.78, 5) is 12.3. The predicted molar refractivity (Wildman–Crippen MR) is 82.9 cm³/mol. The minimum atomic E-state index is -0.368. The molecule has 19 heavy (non-hydrogen) atoms. The summed E-state index contributed by atoms with van der Waals surface area (Å²) in [7, 11) is 0. The van der Waals surface area contributed by atoms with Gasteiger partial charge in [0, 0.05) is 12.1 Å². The van der Waals surface area contributed by atoms with Gasteiger partial charge in [0.2, 0.25) is 0 Å². The average Bonchev–Trinajstić information content (AvgIpc) is 2.31. The van der Waals surface area contributed by atoms with Crippen LogP contribution in [0.5, 0.6) is 0 Å². The summed E-state index contributed by atoms with van der Waals surface area (Å²) >= 11 is 0. The maximum atomic E-state index is 12.3. The molecule has 0 aliphatic heterocycles. The minimum Gasteiger partial charge on any atom is -0.345 e. The first-order chi connectivity index (χ1) is 8.30. The highest BCUT2D eigenvalue weighted by atomic mass is 35.5. The zero-order valence-corrected chi connectivity index (χ0v) is 13.2. The second kappa shape index (κ2) is 6.92. The summed E-state index contributed by atoms with van der Waals surface area (Å²) in [5.41, 5.74) is 8.23. The lowest BCUT2D eigenvalue weighted by atomic mass is 9.88. The van der Waals surface area contributed by atoms with Crippen molar-refractivity contribution in [2.45, 2.75) is 40.2 Å². The molecule has 0 radical (unpaired) electrons. The van der Waals surface area contributed by atoms with Crippen molar-refractivity contribution in [2.24, 2.45) is 11.7 Å². The SMILES string of the molecule is Cc1ccc(C)c(C(=O)NC(C)(CN)C(C)C)c1.Cl. The first-order valence-corrected chi connectivity index (χ1v) is 6.40. The van der Waals surface area contributed by atoms with E-state index in [1.807, 2.05) is 39.0 Å².